The summed E-state index contributed by atoms with van der Waals surface area (Å²) < 4.78 is 17.0. The van der Waals surface area contributed by atoms with Crippen LogP contribution in [-0.4, -0.2) is 86.0 Å². The van der Waals surface area contributed by atoms with Crippen LogP contribution in [0.5, 0.6) is 11.5 Å². The maximum absolute atomic E-state index is 11.3. The fourth-order valence-electron chi connectivity index (χ4n) is 4.71. The molecule has 2 aromatic rings. The van der Waals surface area contributed by atoms with Crippen LogP contribution in [0, 0.1) is 6.92 Å². The van der Waals surface area contributed by atoms with E-state index in [0.29, 0.717) is 39.1 Å². The van der Waals surface area contributed by atoms with Crippen LogP contribution >= 0.6 is 0 Å². The molecular formula is C26H36N2O5. The Morgan fingerprint density at radius 2 is 1.79 bits per heavy atom. The van der Waals surface area contributed by atoms with E-state index in [1.807, 2.05) is 49.4 Å². The van der Waals surface area contributed by atoms with Gasteiger partial charge in [0.1, 0.15) is 23.7 Å². The van der Waals surface area contributed by atoms with Gasteiger partial charge in [0.15, 0.2) is 0 Å². The number of piperidine rings is 1. The number of methoxy groups -OCH3 is 1. The van der Waals surface area contributed by atoms with E-state index in [1.54, 1.807) is 7.11 Å². The minimum absolute atomic E-state index is 0.149. The van der Waals surface area contributed by atoms with Gasteiger partial charge in [-0.15, -0.1) is 0 Å². The lowest BCUT2D eigenvalue weighted by Crippen LogP contribution is -2.55. The number of anilines is 1. The quantitative estimate of drug-likeness (QED) is 0.663. The zero-order chi connectivity index (χ0) is 23.3. The van der Waals surface area contributed by atoms with Gasteiger partial charge in [-0.25, -0.2) is 0 Å². The second kappa shape index (κ2) is 10.3. The van der Waals surface area contributed by atoms with Crippen molar-refractivity contribution in [1.82, 2.24) is 4.90 Å². The number of ether oxygens (including phenoxy) is 3. The van der Waals surface area contributed by atoms with Crippen molar-refractivity contribution in [1.29, 1.82) is 0 Å². The molecule has 0 aliphatic carbocycles. The van der Waals surface area contributed by atoms with Gasteiger partial charge in [-0.05, 0) is 43.5 Å². The zero-order valence-corrected chi connectivity index (χ0v) is 19.7. The molecule has 2 N–H and O–H groups in total. The average molecular weight is 457 g/mol. The molecule has 2 saturated heterocycles. The maximum atomic E-state index is 11.3. The van der Waals surface area contributed by atoms with E-state index in [9.17, 15) is 10.2 Å². The number of rotatable bonds is 7. The van der Waals surface area contributed by atoms with E-state index in [1.165, 1.54) is 0 Å². The highest BCUT2D eigenvalue weighted by atomic mass is 16.5. The Balaban J connectivity index is 1.34. The predicted molar refractivity (Wildman–Crippen MR) is 128 cm³/mol. The molecule has 0 aromatic heterocycles. The topological polar surface area (TPSA) is 74.6 Å². The van der Waals surface area contributed by atoms with Crippen LogP contribution in [0.3, 0.4) is 0 Å². The fourth-order valence-corrected chi connectivity index (χ4v) is 4.71. The molecule has 0 bridgehead atoms. The van der Waals surface area contributed by atoms with Crippen LogP contribution in [0.25, 0.3) is 0 Å². The van der Waals surface area contributed by atoms with Crippen LogP contribution in [0.15, 0.2) is 48.5 Å². The summed E-state index contributed by atoms with van der Waals surface area (Å²) in [5.74, 6) is 1.61. The predicted octanol–water partition coefficient (Wildman–Crippen LogP) is 2.48. The second-order valence-electron chi connectivity index (χ2n) is 9.45. The third-order valence-electron chi connectivity index (χ3n) is 6.66. The van der Waals surface area contributed by atoms with Crippen LogP contribution in [-0.2, 0) is 4.74 Å². The first-order valence-electron chi connectivity index (χ1n) is 11.7. The summed E-state index contributed by atoms with van der Waals surface area (Å²) in [7, 11) is 1.67. The Kier molecular flexibility index (Phi) is 7.44. The SMILES string of the molecule is COc1cccc(N2CCC(O)(CN3CCOC[C@](O)(COc4ccccc4C)C3)CC2)c1. The number of benzene rings is 2. The number of para-hydroxylation sites is 1. The summed E-state index contributed by atoms with van der Waals surface area (Å²) in [4.78, 5) is 4.41. The summed E-state index contributed by atoms with van der Waals surface area (Å²) >= 11 is 0. The molecule has 0 unspecified atom stereocenters. The Morgan fingerprint density at radius 1 is 1.00 bits per heavy atom. The van der Waals surface area contributed by atoms with Crippen LogP contribution in [0.2, 0.25) is 0 Å². The van der Waals surface area contributed by atoms with Crippen LogP contribution < -0.4 is 14.4 Å². The minimum atomic E-state index is -1.13. The van der Waals surface area contributed by atoms with Gasteiger partial charge >= 0.3 is 0 Å². The fraction of sp³-hybridized carbons (Fsp3) is 0.538. The highest BCUT2D eigenvalue weighted by Crippen LogP contribution is 2.30. The number of β-amino-alcohol motifs (C(OH)–C–C–N with tert-alkyl or cyclic N) is 2. The van der Waals surface area contributed by atoms with E-state index < -0.39 is 11.2 Å². The van der Waals surface area contributed by atoms with E-state index in [-0.39, 0.29) is 13.2 Å². The summed E-state index contributed by atoms with van der Waals surface area (Å²) in [5.41, 5.74) is 0.223. The molecule has 0 radical (unpaired) electrons. The van der Waals surface area contributed by atoms with Crippen molar-refractivity contribution in [3.05, 3.63) is 54.1 Å². The van der Waals surface area contributed by atoms with Crippen LogP contribution in [0.4, 0.5) is 5.69 Å². The number of nitrogens with zero attached hydrogens (tertiary/aromatic N) is 2. The largest absolute Gasteiger partial charge is 0.497 e. The Morgan fingerprint density at radius 3 is 2.55 bits per heavy atom. The lowest BCUT2D eigenvalue weighted by atomic mass is 9.90. The van der Waals surface area contributed by atoms with E-state index in [0.717, 1.165) is 35.8 Å². The van der Waals surface area contributed by atoms with Gasteiger partial charge in [0.25, 0.3) is 0 Å². The summed E-state index contributed by atoms with van der Waals surface area (Å²) in [6.07, 6.45) is 1.33. The van der Waals surface area contributed by atoms with Gasteiger partial charge in [-0.1, -0.05) is 24.3 Å². The molecule has 33 heavy (non-hydrogen) atoms. The summed E-state index contributed by atoms with van der Waals surface area (Å²) in [6, 6.07) is 15.8. The first kappa shape index (κ1) is 23.8. The number of aryl methyl sites for hydroxylation is 1. The third kappa shape index (κ3) is 6.18. The number of aliphatic hydroxyl groups is 2. The molecular weight excluding hydrogens is 420 g/mol. The van der Waals surface area contributed by atoms with Gasteiger partial charge in [0.2, 0.25) is 0 Å². The molecule has 4 rings (SSSR count). The molecule has 7 heteroatoms. The lowest BCUT2D eigenvalue weighted by Gasteiger charge is -2.42. The van der Waals surface area contributed by atoms with Crippen molar-refractivity contribution in [3.8, 4) is 11.5 Å². The Labute approximate surface area is 196 Å². The van der Waals surface area contributed by atoms with Gasteiger partial charge in [0, 0.05) is 44.5 Å². The van der Waals surface area contributed by atoms with Gasteiger partial charge < -0.3 is 29.3 Å². The van der Waals surface area contributed by atoms with E-state index >= 15 is 0 Å². The second-order valence-corrected chi connectivity index (χ2v) is 9.45. The number of hydrogen-bond donors (Lipinski definition) is 2. The molecule has 7 nitrogen and oxygen atoms in total. The van der Waals surface area contributed by atoms with E-state index in [4.69, 9.17) is 14.2 Å². The normalized spacial score (nSPS) is 23.7. The van der Waals surface area contributed by atoms with Crippen molar-refractivity contribution < 1.29 is 24.4 Å². The molecule has 2 aliphatic rings. The average Bonchev–Trinajstić information content (AvgIpc) is 3.00. The molecule has 2 aromatic carbocycles. The molecule has 0 spiro atoms. The molecule has 0 amide bonds. The molecule has 0 saturated carbocycles. The standard InChI is InChI=1S/C26H36N2O5/c1-21-6-3-4-9-24(21)33-20-26(30)18-27(14-15-32-19-26)17-25(29)10-12-28(13-11-25)22-7-5-8-23(16-22)31-2/h3-9,16,29-30H,10-15,17-20H2,1-2H3/t26-/m0/s1. The lowest BCUT2D eigenvalue weighted by molar-refractivity contribution is -0.0743. The molecule has 2 aliphatic heterocycles. The monoisotopic (exact) mass is 456 g/mol. The van der Waals surface area contributed by atoms with Crippen LogP contribution in [0.1, 0.15) is 18.4 Å². The smallest absolute Gasteiger partial charge is 0.134 e. The molecule has 2 fully saturated rings. The van der Waals surface area contributed by atoms with Crippen molar-refractivity contribution in [3.63, 3.8) is 0 Å². The summed E-state index contributed by atoms with van der Waals surface area (Å²) in [5, 5.41) is 22.6. The van der Waals surface area contributed by atoms with Crippen molar-refractivity contribution in [2.24, 2.45) is 0 Å². The minimum Gasteiger partial charge on any atom is -0.497 e. The zero-order valence-electron chi connectivity index (χ0n) is 19.7. The maximum Gasteiger partial charge on any atom is 0.134 e. The van der Waals surface area contributed by atoms with Gasteiger partial charge in [-0.3, -0.25) is 4.90 Å². The molecule has 2 heterocycles. The van der Waals surface area contributed by atoms with Crippen molar-refractivity contribution in [2.75, 3.05) is 64.6 Å². The molecule has 180 valence electrons. The van der Waals surface area contributed by atoms with Gasteiger partial charge in [-0.2, -0.15) is 0 Å². The molecule has 1 atom stereocenters. The third-order valence-corrected chi connectivity index (χ3v) is 6.66. The highest BCUT2D eigenvalue weighted by molar-refractivity contribution is 5.51. The van der Waals surface area contributed by atoms with Crippen molar-refractivity contribution >= 4 is 5.69 Å². The number of hydrogen-bond acceptors (Lipinski definition) is 7. The van der Waals surface area contributed by atoms with Crippen molar-refractivity contribution in [2.45, 2.75) is 31.0 Å². The van der Waals surface area contributed by atoms with Gasteiger partial charge in [0.05, 0.1) is 25.9 Å². The highest BCUT2D eigenvalue weighted by Gasteiger charge is 2.39. The Hall–Kier alpha value is -2.32. The Bertz CT molecular complexity index is 915. The van der Waals surface area contributed by atoms with E-state index in [2.05, 4.69) is 15.9 Å². The first-order valence-corrected chi connectivity index (χ1v) is 11.7. The first-order chi connectivity index (χ1) is 15.9. The summed E-state index contributed by atoms with van der Waals surface area (Å²) in [6.45, 7) is 6.02.